The van der Waals surface area contributed by atoms with Gasteiger partial charge in [-0.25, -0.2) is 0 Å². The highest BCUT2D eigenvalue weighted by Crippen LogP contribution is 2.20. The molecule has 21 heavy (non-hydrogen) atoms. The average Bonchev–Trinajstić information content (AvgIpc) is 2.43. The molecule has 1 aromatic rings. The summed E-state index contributed by atoms with van der Waals surface area (Å²) >= 11 is 0. The van der Waals surface area contributed by atoms with Crippen LogP contribution in [0.15, 0.2) is 24.3 Å². The van der Waals surface area contributed by atoms with Crippen molar-refractivity contribution in [3.8, 4) is 5.75 Å². The maximum atomic E-state index is 11.9. The second-order valence-corrected chi connectivity index (χ2v) is 5.27. The molecule has 0 aliphatic heterocycles. The number of carbonyl (C=O) groups is 1. The molecule has 0 aliphatic rings. The first-order valence-corrected chi connectivity index (χ1v) is 7.29. The predicted molar refractivity (Wildman–Crippen MR) is 89.2 cm³/mol. The fourth-order valence-corrected chi connectivity index (χ4v) is 1.83. The third-order valence-electron chi connectivity index (χ3n) is 3.14. The number of carbonyl (C=O) groups excluding carboxylic acids is 1. The van der Waals surface area contributed by atoms with Gasteiger partial charge in [-0.05, 0) is 49.9 Å². The second kappa shape index (κ2) is 10.5. The molecule has 1 unspecified atom stereocenters. The molecule has 5 heteroatoms. The molecule has 0 heterocycles. The first-order chi connectivity index (χ1) is 9.54. The molecule has 1 rings (SSSR count). The number of hydrogen-bond acceptors (Lipinski definition) is 3. The van der Waals surface area contributed by atoms with Crippen LogP contribution in [0.5, 0.6) is 5.75 Å². The lowest BCUT2D eigenvalue weighted by Crippen LogP contribution is -2.36. The van der Waals surface area contributed by atoms with Gasteiger partial charge in [-0.1, -0.05) is 26.0 Å². The molecule has 0 aliphatic carbocycles. The highest BCUT2D eigenvalue weighted by molar-refractivity contribution is 5.85. The highest BCUT2D eigenvalue weighted by atomic mass is 35.5. The lowest BCUT2D eigenvalue weighted by Gasteiger charge is -2.16. The summed E-state index contributed by atoms with van der Waals surface area (Å²) in [6.07, 6.45) is 1.33. The van der Waals surface area contributed by atoms with Gasteiger partial charge in [0.05, 0.1) is 0 Å². The minimum Gasteiger partial charge on any atom is -0.481 e. The number of ether oxygens (including phenoxy) is 1. The summed E-state index contributed by atoms with van der Waals surface area (Å²) < 4.78 is 5.69. The molecular formula is C16H27ClN2O2. The molecule has 120 valence electrons. The van der Waals surface area contributed by atoms with E-state index in [-0.39, 0.29) is 18.3 Å². The number of rotatable bonds is 8. The van der Waals surface area contributed by atoms with Gasteiger partial charge in [0.25, 0.3) is 5.91 Å². The first-order valence-electron chi connectivity index (χ1n) is 7.29. The average molecular weight is 315 g/mol. The van der Waals surface area contributed by atoms with E-state index in [0.717, 1.165) is 18.6 Å². The van der Waals surface area contributed by atoms with E-state index in [9.17, 15) is 4.79 Å². The van der Waals surface area contributed by atoms with E-state index in [1.54, 1.807) is 6.92 Å². The molecule has 1 aromatic carbocycles. The van der Waals surface area contributed by atoms with E-state index in [4.69, 9.17) is 10.5 Å². The third-order valence-corrected chi connectivity index (χ3v) is 3.14. The maximum absolute atomic E-state index is 11.9. The Hall–Kier alpha value is -1.26. The SMILES string of the molecule is CC(Oc1cccc(C(C)C)c1)C(=O)NCCCCN.Cl. The van der Waals surface area contributed by atoms with Crippen LogP contribution in [0.1, 0.15) is 45.1 Å². The number of nitrogens with two attached hydrogens (primary N) is 1. The molecule has 0 saturated heterocycles. The maximum Gasteiger partial charge on any atom is 0.260 e. The van der Waals surface area contributed by atoms with Gasteiger partial charge in [-0.15, -0.1) is 12.4 Å². The lowest BCUT2D eigenvalue weighted by atomic mass is 10.0. The third kappa shape index (κ3) is 7.34. The summed E-state index contributed by atoms with van der Waals surface area (Å²) in [6, 6.07) is 7.89. The smallest absolute Gasteiger partial charge is 0.260 e. The summed E-state index contributed by atoms with van der Waals surface area (Å²) in [7, 11) is 0. The molecule has 0 aromatic heterocycles. The minimum atomic E-state index is -0.490. The second-order valence-electron chi connectivity index (χ2n) is 5.27. The summed E-state index contributed by atoms with van der Waals surface area (Å²) in [5, 5.41) is 2.86. The molecule has 0 saturated carbocycles. The number of halogens is 1. The lowest BCUT2D eigenvalue weighted by molar-refractivity contribution is -0.127. The van der Waals surface area contributed by atoms with Gasteiger partial charge >= 0.3 is 0 Å². The molecule has 0 spiro atoms. The van der Waals surface area contributed by atoms with Gasteiger partial charge in [-0.3, -0.25) is 4.79 Å². The van der Waals surface area contributed by atoms with Crippen LogP contribution in [0.3, 0.4) is 0 Å². The zero-order valence-corrected chi connectivity index (χ0v) is 13.9. The van der Waals surface area contributed by atoms with E-state index >= 15 is 0 Å². The minimum absolute atomic E-state index is 0. The highest BCUT2D eigenvalue weighted by Gasteiger charge is 2.14. The van der Waals surface area contributed by atoms with Gasteiger partial charge < -0.3 is 15.8 Å². The van der Waals surface area contributed by atoms with E-state index in [1.807, 2.05) is 18.2 Å². The summed E-state index contributed by atoms with van der Waals surface area (Å²) in [4.78, 5) is 11.9. The quantitative estimate of drug-likeness (QED) is 0.725. The van der Waals surface area contributed by atoms with Crippen molar-refractivity contribution in [3.63, 3.8) is 0 Å². The van der Waals surface area contributed by atoms with E-state index < -0.39 is 6.10 Å². The van der Waals surface area contributed by atoms with Crippen molar-refractivity contribution in [2.24, 2.45) is 5.73 Å². The van der Waals surface area contributed by atoms with Crippen LogP contribution in [0.25, 0.3) is 0 Å². The zero-order chi connectivity index (χ0) is 15.0. The number of hydrogen-bond donors (Lipinski definition) is 2. The Labute approximate surface area is 133 Å². The number of benzene rings is 1. The Bertz CT molecular complexity index is 424. The summed E-state index contributed by atoms with van der Waals surface area (Å²) in [5.41, 5.74) is 6.62. The fourth-order valence-electron chi connectivity index (χ4n) is 1.83. The van der Waals surface area contributed by atoms with Crippen LogP contribution >= 0.6 is 12.4 Å². The Balaban J connectivity index is 0.00000400. The van der Waals surface area contributed by atoms with Crippen molar-refractivity contribution in [2.75, 3.05) is 13.1 Å². The van der Waals surface area contributed by atoms with Crippen LogP contribution in [0.2, 0.25) is 0 Å². The molecule has 0 fully saturated rings. The van der Waals surface area contributed by atoms with Crippen LogP contribution < -0.4 is 15.8 Å². The molecule has 0 radical (unpaired) electrons. The summed E-state index contributed by atoms with van der Waals surface area (Å²) in [6.45, 7) is 7.33. The van der Waals surface area contributed by atoms with E-state index in [0.29, 0.717) is 19.0 Å². The molecule has 0 bridgehead atoms. The Morgan fingerprint density at radius 3 is 2.62 bits per heavy atom. The van der Waals surface area contributed by atoms with Crippen molar-refractivity contribution in [2.45, 2.75) is 45.6 Å². The van der Waals surface area contributed by atoms with Crippen LogP contribution in [-0.2, 0) is 4.79 Å². The van der Waals surface area contributed by atoms with Crippen molar-refractivity contribution in [3.05, 3.63) is 29.8 Å². The molecular weight excluding hydrogens is 288 g/mol. The fraction of sp³-hybridized carbons (Fsp3) is 0.562. The normalized spacial score (nSPS) is 11.7. The van der Waals surface area contributed by atoms with Gasteiger partial charge in [0.1, 0.15) is 5.75 Å². The topological polar surface area (TPSA) is 64.3 Å². The predicted octanol–water partition coefficient (Wildman–Crippen LogP) is 2.85. The largest absolute Gasteiger partial charge is 0.481 e. The van der Waals surface area contributed by atoms with Crippen molar-refractivity contribution >= 4 is 18.3 Å². The first kappa shape index (κ1) is 19.7. The molecule has 4 nitrogen and oxygen atoms in total. The zero-order valence-electron chi connectivity index (χ0n) is 13.1. The van der Waals surface area contributed by atoms with Crippen LogP contribution in [0, 0.1) is 0 Å². The van der Waals surface area contributed by atoms with Crippen molar-refractivity contribution < 1.29 is 9.53 Å². The van der Waals surface area contributed by atoms with Crippen molar-refractivity contribution in [1.29, 1.82) is 0 Å². The van der Waals surface area contributed by atoms with E-state index in [2.05, 4.69) is 25.2 Å². The molecule has 1 atom stereocenters. The monoisotopic (exact) mass is 314 g/mol. The van der Waals surface area contributed by atoms with Crippen LogP contribution in [0.4, 0.5) is 0 Å². The van der Waals surface area contributed by atoms with Gasteiger partial charge in [-0.2, -0.15) is 0 Å². The number of nitrogens with one attached hydrogen (secondary N) is 1. The number of amides is 1. The standard InChI is InChI=1S/C16H26N2O2.ClH/c1-12(2)14-7-6-8-15(11-14)20-13(3)16(19)18-10-5-4-9-17;/h6-8,11-13H,4-5,9-10,17H2,1-3H3,(H,18,19);1H. The molecule has 1 amide bonds. The van der Waals surface area contributed by atoms with Gasteiger partial charge in [0, 0.05) is 6.54 Å². The Kier molecular flexibility index (Phi) is 9.84. The van der Waals surface area contributed by atoms with Gasteiger partial charge in [0.2, 0.25) is 0 Å². The molecule has 3 N–H and O–H groups in total. The Morgan fingerprint density at radius 2 is 2.00 bits per heavy atom. The Morgan fingerprint density at radius 1 is 1.29 bits per heavy atom. The van der Waals surface area contributed by atoms with E-state index in [1.165, 1.54) is 5.56 Å². The van der Waals surface area contributed by atoms with Crippen molar-refractivity contribution in [1.82, 2.24) is 5.32 Å². The van der Waals surface area contributed by atoms with Crippen LogP contribution in [-0.4, -0.2) is 25.1 Å². The summed E-state index contributed by atoms with van der Waals surface area (Å²) in [5.74, 6) is 1.09. The number of unbranched alkanes of at least 4 members (excludes halogenated alkanes) is 1. The van der Waals surface area contributed by atoms with Gasteiger partial charge in [0.15, 0.2) is 6.10 Å².